The minimum absolute atomic E-state index is 0.115. The summed E-state index contributed by atoms with van der Waals surface area (Å²) in [5.41, 5.74) is -0.284. The quantitative estimate of drug-likeness (QED) is 0.635. The molecule has 0 amide bonds. The Morgan fingerprint density at radius 1 is 1.27 bits per heavy atom. The Hall–Kier alpha value is -2.48. The van der Waals surface area contributed by atoms with E-state index in [-0.39, 0.29) is 21.5 Å². The Balaban J connectivity index is 2.37. The number of fused-ring (bicyclic) bond motifs is 1. The molecule has 26 heavy (non-hydrogen) atoms. The minimum atomic E-state index is -2.86. The van der Waals surface area contributed by atoms with Gasteiger partial charge >= 0.3 is 0 Å². The van der Waals surface area contributed by atoms with E-state index in [2.05, 4.69) is 9.97 Å². The first-order chi connectivity index (χ1) is 12.4. The number of H-pyrrole nitrogens is 1. The van der Waals surface area contributed by atoms with Crippen molar-refractivity contribution in [2.24, 2.45) is 0 Å². The number of unbranched alkanes of at least 4 members (excludes halogenated alkanes) is 1. The molecule has 0 bridgehead atoms. The predicted molar refractivity (Wildman–Crippen MR) is 96.4 cm³/mol. The van der Waals surface area contributed by atoms with Crippen LogP contribution >= 0.6 is 12.2 Å². The standard InChI is InChI=1S/C18H16F3N3OS/c1-2-3-8-24-16-14(17(25)23-18(24)26)12(15(20)21)9-13(22-16)10-4-6-11(19)7-5-10/h4-7,9,15H,2-3,8H2,1H3,(H,23,25,26). The normalized spacial score (nSPS) is 11.4. The molecule has 0 aliphatic heterocycles. The number of aryl methyl sites for hydroxylation is 1. The Bertz CT molecular complexity index is 1060. The molecule has 0 atom stereocenters. The molecular formula is C18H16F3N3OS. The molecule has 0 fully saturated rings. The van der Waals surface area contributed by atoms with Gasteiger partial charge in [-0.15, -0.1) is 0 Å². The van der Waals surface area contributed by atoms with Crippen molar-refractivity contribution in [2.45, 2.75) is 32.7 Å². The van der Waals surface area contributed by atoms with E-state index < -0.39 is 23.4 Å². The molecule has 136 valence electrons. The van der Waals surface area contributed by atoms with Crippen LogP contribution < -0.4 is 5.56 Å². The molecule has 2 heterocycles. The average molecular weight is 379 g/mol. The molecule has 0 aliphatic rings. The molecule has 2 aromatic heterocycles. The van der Waals surface area contributed by atoms with Crippen molar-refractivity contribution < 1.29 is 13.2 Å². The monoisotopic (exact) mass is 379 g/mol. The maximum Gasteiger partial charge on any atom is 0.264 e. The summed E-state index contributed by atoms with van der Waals surface area (Å²) in [6, 6.07) is 6.53. The van der Waals surface area contributed by atoms with Crippen LogP contribution in [0.3, 0.4) is 0 Å². The lowest BCUT2D eigenvalue weighted by molar-refractivity contribution is 0.153. The summed E-state index contributed by atoms with van der Waals surface area (Å²) in [5.74, 6) is -0.439. The van der Waals surface area contributed by atoms with Gasteiger partial charge in [-0.2, -0.15) is 0 Å². The number of pyridine rings is 1. The lowest BCUT2D eigenvalue weighted by Gasteiger charge is -2.14. The van der Waals surface area contributed by atoms with Gasteiger partial charge in [0, 0.05) is 17.7 Å². The molecule has 8 heteroatoms. The number of hydrogen-bond donors (Lipinski definition) is 1. The molecule has 0 saturated heterocycles. The fourth-order valence-electron chi connectivity index (χ4n) is 2.77. The van der Waals surface area contributed by atoms with Crippen LogP contribution in [0.15, 0.2) is 35.1 Å². The van der Waals surface area contributed by atoms with Crippen molar-refractivity contribution in [1.82, 2.24) is 14.5 Å². The van der Waals surface area contributed by atoms with E-state index in [0.717, 1.165) is 12.8 Å². The van der Waals surface area contributed by atoms with E-state index in [4.69, 9.17) is 12.2 Å². The van der Waals surface area contributed by atoms with Gasteiger partial charge in [-0.3, -0.25) is 9.78 Å². The van der Waals surface area contributed by atoms with Gasteiger partial charge in [-0.25, -0.2) is 18.2 Å². The second-order valence-electron chi connectivity index (χ2n) is 5.87. The molecule has 0 spiro atoms. The largest absolute Gasteiger partial charge is 0.302 e. The predicted octanol–water partition coefficient (Wildman–Crippen LogP) is 5.00. The Morgan fingerprint density at radius 2 is 1.96 bits per heavy atom. The SMILES string of the molecule is CCCCn1c(=S)[nH]c(=O)c2c(C(F)F)cc(-c3ccc(F)cc3)nc21. The lowest BCUT2D eigenvalue weighted by Crippen LogP contribution is -2.18. The zero-order valence-electron chi connectivity index (χ0n) is 13.9. The Kier molecular flexibility index (Phi) is 5.22. The van der Waals surface area contributed by atoms with Gasteiger partial charge in [0.1, 0.15) is 11.5 Å². The van der Waals surface area contributed by atoms with Crippen LogP contribution in [0.2, 0.25) is 0 Å². The van der Waals surface area contributed by atoms with E-state index in [1.807, 2.05) is 6.92 Å². The van der Waals surface area contributed by atoms with Crippen LogP contribution in [0, 0.1) is 10.6 Å². The smallest absolute Gasteiger partial charge is 0.264 e. The van der Waals surface area contributed by atoms with Crippen LogP contribution in [0.1, 0.15) is 31.8 Å². The van der Waals surface area contributed by atoms with Crippen LogP contribution in [0.5, 0.6) is 0 Å². The number of benzene rings is 1. The summed E-state index contributed by atoms with van der Waals surface area (Å²) < 4.78 is 42.2. The molecule has 3 aromatic rings. The van der Waals surface area contributed by atoms with Crippen molar-refractivity contribution >= 4 is 23.3 Å². The highest BCUT2D eigenvalue weighted by molar-refractivity contribution is 7.71. The van der Waals surface area contributed by atoms with E-state index in [9.17, 15) is 18.0 Å². The summed E-state index contributed by atoms with van der Waals surface area (Å²) >= 11 is 5.20. The number of rotatable bonds is 5. The van der Waals surface area contributed by atoms with Gasteiger partial charge in [0.2, 0.25) is 0 Å². The number of nitrogens with one attached hydrogen (secondary N) is 1. The molecular weight excluding hydrogens is 363 g/mol. The maximum atomic E-state index is 13.6. The molecule has 0 aliphatic carbocycles. The Labute approximate surface area is 152 Å². The van der Waals surface area contributed by atoms with Crippen molar-refractivity contribution in [3.05, 3.63) is 56.8 Å². The van der Waals surface area contributed by atoms with Crippen molar-refractivity contribution in [2.75, 3.05) is 0 Å². The van der Waals surface area contributed by atoms with Crippen molar-refractivity contribution in [3.8, 4) is 11.3 Å². The van der Waals surface area contributed by atoms with E-state index >= 15 is 0 Å². The third kappa shape index (κ3) is 3.41. The molecule has 0 saturated carbocycles. The first kappa shape index (κ1) is 18.3. The number of aromatic amines is 1. The molecule has 4 nitrogen and oxygen atoms in total. The topological polar surface area (TPSA) is 50.7 Å². The molecule has 0 unspecified atom stereocenters. The Morgan fingerprint density at radius 3 is 2.58 bits per heavy atom. The fourth-order valence-corrected chi connectivity index (χ4v) is 3.04. The fraction of sp³-hybridized carbons (Fsp3) is 0.278. The van der Waals surface area contributed by atoms with Gasteiger partial charge in [-0.05, 0) is 49.0 Å². The van der Waals surface area contributed by atoms with Crippen molar-refractivity contribution in [3.63, 3.8) is 0 Å². The number of aromatic nitrogens is 3. The first-order valence-corrected chi connectivity index (χ1v) is 8.55. The van der Waals surface area contributed by atoms with Gasteiger partial charge in [0.15, 0.2) is 4.77 Å². The second-order valence-corrected chi connectivity index (χ2v) is 6.25. The molecule has 3 rings (SSSR count). The van der Waals surface area contributed by atoms with E-state index in [1.54, 1.807) is 4.57 Å². The van der Waals surface area contributed by atoms with Gasteiger partial charge in [-0.1, -0.05) is 13.3 Å². The summed E-state index contributed by atoms with van der Waals surface area (Å²) in [5, 5.41) is -0.171. The van der Waals surface area contributed by atoms with Gasteiger partial charge < -0.3 is 4.57 Å². The van der Waals surface area contributed by atoms with Crippen LogP contribution in [-0.2, 0) is 6.54 Å². The highest BCUT2D eigenvalue weighted by Gasteiger charge is 2.20. The van der Waals surface area contributed by atoms with E-state index in [0.29, 0.717) is 12.1 Å². The minimum Gasteiger partial charge on any atom is -0.302 e. The molecule has 0 radical (unpaired) electrons. The summed E-state index contributed by atoms with van der Waals surface area (Å²) in [4.78, 5) is 19.2. The number of hydrogen-bond acceptors (Lipinski definition) is 3. The third-order valence-electron chi connectivity index (χ3n) is 4.09. The molecule has 1 N–H and O–H groups in total. The number of nitrogens with zero attached hydrogens (tertiary/aromatic N) is 2. The molecule has 1 aromatic carbocycles. The maximum absolute atomic E-state index is 13.6. The van der Waals surface area contributed by atoms with E-state index in [1.165, 1.54) is 30.3 Å². The summed E-state index contributed by atoms with van der Waals surface area (Å²) in [7, 11) is 0. The highest BCUT2D eigenvalue weighted by atomic mass is 32.1. The third-order valence-corrected chi connectivity index (χ3v) is 4.41. The van der Waals surface area contributed by atoms with Crippen molar-refractivity contribution in [1.29, 1.82) is 0 Å². The van der Waals surface area contributed by atoms with Crippen LogP contribution in [-0.4, -0.2) is 14.5 Å². The van der Waals surface area contributed by atoms with Gasteiger partial charge in [0.25, 0.3) is 12.0 Å². The number of halogens is 3. The summed E-state index contributed by atoms with van der Waals surface area (Å²) in [6.07, 6.45) is -1.25. The average Bonchev–Trinajstić information content (AvgIpc) is 2.61. The zero-order valence-corrected chi connectivity index (χ0v) is 14.7. The van der Waals surface area contributed by atoms with Crippen LogP contribution in [0.4, 0.5) is 13.2 Å². The summed E-state index contributed by atoms with van der Waals surface area (Å²) in [6.45, 7) is 2.44. The first-order valence-electron chi connectivity index (χ1n) is 8.14. The second kappa shape index (κ2) is 7.41. The highest BCUT2D eigenvalue weighted by Crippen LogP contribution is 2.29. The number of alkyl halides is 2. The van der Waals surface area contributed by atoms with Crippen LogP contribution in [0.25, 0.3) is 22.3 Å². The lowest BCUT2D eigenvalue weighted by atomic mass is 10.1. The van der Waals surface area contributed by atoms with Gasteiger partial charge in [0.05, 0.1) is 11.1 Å². The zero-order chi connectivity index (χ0) is 18.8.